The summed E-state index contributed by atoms with van der Waals surface area (Å²) in [5.41, 5.74) is 8.78. The summed E-state index contributed by atoms with van der Waals surface area (Å²) in [5.74, 6) is 2.02. The lowest BCUT2D eigenvalue weighted by molar-refractivity contribution is 0.0600. The van der Waals surface area contributed by atoms with Crippen molar-refractivity contribution in [3.8, 4) is 11.5 Å². The molecule has 0 bridgehead atoms. The van der Waals surface area contributed by atoms with Crippen LogP contribution in [0.25, 0.3) is 0 Å². The maximum atomic E-state index is 11.5. The Balaban J connectivity index is 1.45. The fraction of sp³-hybridized carbons (Fsp3) is 0.150. The van der Waals surface area contributed by atoms with E-state index in [4.69, 9.17) is 19.9 Å². The number of rotatable bonds is 6. The topological polar surface area (TPSA) is 121 Å². The van der Waals surface area contributed by atoms with Gasteiger partial charge in [0, 0.05) is 12.2 Å². The van der Waals surface area contributed by atoms with Gasteiger partial charge in [0.1, 0.15) is 12.0 Å². The van der Waals surface area contributed by atoms with E-state index in [9.17, 15) is 4.79 Å². The average molecular weight is 393 g/mol. The molecule has 4 N–H and O–H groups in total. The van der Waals surface area contributed by atoms with Crippen molar-refractivity contribution < 1.29 is 19.0 Å². The van der Waals surface area contributed by atoms with Gasteiger partial charge in [0.15, 0.2) is 23.1 Å². The number of fused-ring (bicyclic) bond motifs is 1. The smallest absolute Gasteiger partial charge is 0.337 e. The molecule has 9 heteroatoms. The molecule has 0 radical (unpaired) electrons. The van der Waals surface area contributed by atoms with E-state index in [0.717, 1.165) is 22.7 Å². The SMILES string of the molecule is COC(=O)c1ccc(Nc2ncnc(NCc3ccc4c(c3)OCO4)c2N)cc1. The third-order valence-electron chi connectivity index (χ3n) is 4.35. The fourth-order valence-corrected chi connectivity index (χ4v) is 2.82. The average Bonchev–Trinajstić information content (AvgIpc) is 3.22. The highest BCUT2D eigenvalue weighted by atomic mass is 16.7. The Hall–Kier alpha value is -4.01. The van der Waals surface area contributed by atoms with Crippen molar-refractivity contribution in [1.29, 1.82) is 0 Å². The second kappa shape index (κ2) is 7.93. The Morgan fingerprint density at radius 3 is 2.66 bits per heavy atom. The van der Waals surface area contributed by atoms with Gasteiger partial charge in [-0.2, -0.15) is 0 Å². The van der Waals surface area contributed by atoms with Crippen molar-refractivity contribution >= 4 is 29.0 Å². The van der Waals surface area contributed by atoms with Crippen LogP contribution >= 0.6 is 0 Å². The van der Waals surface area contributed by atoms with Gasteiger partial charge in [0.25, 0.3) is 0 Å². The minimum atomic E-state index is -0.395. The predicted octanol–water partition coefficient (Wildman–Crippen LogP) is 2.93. The van der Waals surface area contributed by atoms with E-state index in [1.807, 2.05) is 18.2 Å². The van der Waals surface area contributed by atoms with E-state index in [1.165, 1.54) is 13.4 Å². The molecule has 2 heterocycles. The number of nitrogen functional groups attached to an aromatic ring is 1. The Morgan fingerprint density at radius 2 is 1.86 bits per heavy atom. The number of carbonyl (C=O) groups is 1. The van der Waals surface area contributed by atoms with E-state index in [0.29, 0.717) is 29.4 Å². The number of hydrogen-bond acceptors (Lipinski definition) is 9. The molecular weight excluding hydrogens is 374 g/mol. The third kappa shape index (κ3) is 3.98. The number of ether oxygens (including phenoxy) is 3. The molecule has 148 valence electrons. The molecule has 4 rings (SSSR count). The van der Waals surface area contributed by atoms with Gasteiger partial charge in [-0.25, -0.2) is 14.8 Å². The van der Waals surface area contributed by atoms with Gasteiger partial charge in [0.2, 0.25) is 6.79 Å². The van der Waals surface area contributed by atoms with Gasteiger partial charge in [-0.05, 0) is 42.0 Å². The predicted molar refractivity (Wildman–Crippen MR) is 107 cm³/mol. The van der Waals surface area contributed by atoms with Crippen molar-refractivity contribution in [2.75, 3.05) is 30.3 Å². The first-order valence-electron chi connectivity index (χ1n) is 8.82. The second-order valence-electron chi connectivity index (χ2n) is 6.22. The molecule has 1 aliphatic rings. The number of benzene rings is 2. The number of esters is 1. The van der Waals surface area contributed by atoms with Crippen LogP contribution in [0.3, 0.4) is 0 Å². The number of hydrogen-bond donors (Lipinski definition) is 3. The molecule has 0 amide bonds. The summed E-state index contributed by atoms with van der Waals surface area (Å²) < 4.78 is 15.4. The summed E-state index contributed by atoms with van der Waals surface area (Å²) in [5, 5.41) is 6.33. The van der Waals surface area contributed by atoms with E-state index >= 15 is 0 Å². The molecule has 0 saturated heterocycles. The zero-order valence-corrected chi connectivity index (χ0v) is 15.6. The molecule has 0 spiro atoms. The Morgan fingerprint density at radius 1 is 1.10 bits per heavy atom. The minimum absolute atomic E-state index is 0.237. The summed E-state index contributed by atoms with van der Waals surface area (Å²) in [6, 6.07) is 12.5. The van der Waals surface area contributed by atoms with Gasteiger partial charge >= 0.3 is 5.97 Å². The number of anilines is 4. The van der Waals surface area contributed by atoms with Crippen molar-refractivity contribution in [1.82, 2.24) is 9.97 Å². The Bertz CT molecular complexity index is 1040. The molecule has 0 unspecified atom stereocenters. The molecule has 1 aliphatic heterocycles. The molecule has 0 fully saturated rings. The molecular formula is C20H19N5O4. The van der Waals surface area contributed by atoms with Crippen LogP contribution in [0.1, 0.15) is 15.9 Å². The lowest BCUT2D eigenvalue weighted by atomic mass is 10.2. The summed E-state index contributed by atoms with van der Waals surface area (Å²) in [7, 11) is 1.34. The lowest BCUT2D eigenvalue weighted by Gasteiger charge is -2.13. The van der Waals surface area contributed by atoms with Gasteiger partial charge < -0.3 is 30.6 Å². The second-order valence-corrected chi connectivity index (χ2v) is 6.22. The largest absolute Gasteiger partial charge is 0.465 e. The molecule has 9 nitrogen and oxygen atoms in total. The van der Waals surface area contributed by atoms with Crippen LogP contribution < -0.4 is 25.8 Å². The van der Waals surface area contributed by atoms with Crippen molar-refractivity contribution in [3.63, 3.8) is 0 Å². The summed E-state index contributed by atoms with van der Waals surface area (Å²) >= 11 is 0. The zero-order chi connectivity index (χ0) is 20.2. The number of carbonyl (C=O) groups excluding carboxylic acids is 1. The number of aromatic nitrogens is 2. The molecule has 0 atom stereocenters. The molecule has 0 aliphatic carbocycles. The van der Waals surface area contributed by atoms with Crippen LogP contribution in [0.15, 0.2) is 48.8 Å². The molecule has 29 heavy (non-hydrogen) atoms. The molecule has 0 saturated carbocycles. The summed E-state index contributed by atoms with van der Waals surface area (Å²) in [4.78, 5) is 19.9. The number of nitrogens with zero attached hydrogens (tertiary/aromatic N) is 2. The highest BCUT2D eigenvalue weighted by Crippen LogP contribution is 2.33. The van der Waals surface area contributed by atoms with Gasteiger partial charge in [-0.3, -0.25) is 0 Å². The monoisotopic (exact) mass is 393 g/mol. The quantitative estimate of drug-likeness (QED) is 0.543. The molecule has 1 aromatic heterocycles. The van der Waals surface area contributed by atoms with Crippen LogP contribution in [0.2, 0.25) is 0 Å². The van der Waals surface area contributed by atoms with Gasteiger partial charge in [-0.15, -0.1) is 0 Å². The zero-order valence-electron chi connectivity index (χ0n) is 15.6. The maximum Gasteiger partial charge on any atom is 0.337 e. The molecule has 3 aromatic rings. The van der Waals surface area contributed by atoms with Gasteiger partial charge in [0.05, 0.1) is 12.7 Å². The Kier molecular flexibility index (Phi) is 5.02. The normalized spacial score (nSPS) is 11.8. The van der Waals surface area contributed by atoms with Crippen molar-refractivity contribution in [2.45, 2.75) is 6.54 Å². The van der Waals surface area contributed by atoms with Crippen LogP contribution in [0.5, 0.6) is 11.5 Å². The van der Waals surface area contributed by atoms with E-state index in [2.05, 4.69) is 20.6 Å². The number of nitrogens with one attached hydrogen (secondary N) is 2. The summed E-state index contributed by atoms with van der Waals surface area (Å²) in [6.07, 6.45) is 1.42. The Labute approximate surface area is 166 Å². The fourth-order valence-electron chi connectivity index (χ4n) is 2.82. The highest BCUT2D eigenvalue weighted by molar-refractivity contribution is 5.90. The lowest BCUT2D eigenvalue weighted by Crippen LogP contribution is -2.08. The van der Waals surface area contributed by atoms with Crippen LogP contribution in [-0.4, -0.2) is 29.8 Å². The highest BCUT2D eigenvalue weighted by Gasteiger charge is 2.14. The van der Waals surface area contributed by atoms with Crippen LogP contribution in [0, 0.1) is 0 Å². The minimum Gasteiger partial charge on any atom is -0.465 e. The van der Waals surface area contributed by atoms with Crippen molar-refractivity contribution in [3.05, 3.63) is 59.9 Å². The molecule has 2 aromatic carbocycles. The van der Waals surface area contributed by atoms with Crippen LogP contribution in [0.4, 0.5) is 23.0 Å². The number of methoxy groups -OCH3 is 1. The van der Waals surface area contributed by atoms with Gasteiger partial charge in [-0.1, -0.05) is 6.07 Å². The first-order valence-corrected chi connectivity index (χ1v) is 8.82. The third-order valence-corrected chi connectivity index (χ3v) is 4.35. The van der Waals surface area contributed by atoms with Crippen LogP contribution in [-0.2, 0) is 11.3 Å². The first kappa shape index (κ1) is 18.4. The van der Waals surface area contributed by atoms with E-state index < -0.39 is 5.97 Å². The van der Waals surface area contributed by atoms with E-state index in [1.54, 1.807) is 24.3 Å². The number of nitrogens with two attached hydrogens (primary N) is 1. The first-order chi connectivity index (χ1) is 14.1. The maximum absolute atomic E-state index is 11.5. The standard InChI is InChI=1S/C20H19N5O4/c1-27-20(26)13-3-5-14(6-4-13)25-19-17(21)18(23-10-24-19)22-9-12-2-7-15-16(8-12)29-11-28-15/h2-8,10H,9,11,21H2,1H3,(H2,22,23,24,25). The van der Waals surface area contributed by atoms with E-state index in [-0.39, 0.29) is 6.79 Å². The van der Waals surface area contributed by atoms with Crippen molar-refractivity contribution in [2.24, 2.45) is 0 Å². The summed E-state index contributed by atoms with van der Waals surface area (Å²) in [6.45, 7) is 0.742.